The lowest BCUT2D eigenvalue weighted by molar-refractivity contribution is 0.0696. The molecule has 0 amide bonds. The van der Waals surface area contributed by atoms with Gasteiger partial charge >= 0.3 is 5.97 Å². The highest BCUT2D eigenvalue weighted by atomic mass is 79.9. The molecule has 1 aromatic rings. The number of alkyl halides is 1. The van der Waals surface area contributed by atoms with Crippen molar-refractivity contribution in [3.05, 3.63) is 29.3 Å². The molecule has 1 aromatic carbocycles. The minimum atomic E-state index is -1.02. The molecule has 86 valence electrons. The lowest BCUT2D eigenvalue weighted by Crippen LogP contribution is -2.11. The van der Waals surface area contributed by atoms with Gasteiger partial charge in [-0.15, -0.1) is 11.8 Å². The Morgan fingerprint density at radius 2 is 1.88 bits per heavy atom. The molecular formula is C11H11BrO3S. The number of aromatic carboxylic acids is 1. The first kappa shape index (κ1) is 13.3. The monoisotopic (exact) mass is 302 g/mol. The number of halogens is 1. The van der Waals surface area contributed by atoms with E-state index in [9.17, 15) is 9.59 Å². The molecule has 3 nitrogen and oxygen atoms in total. The van der Waals surface area contributed by atoms with Gasteiger partial charge < -0.3 is 5.11 Å². The number of thioether (sulfide) groups is 1. The van der Waals surface area contributed by atoms with E-state index in [-0.39, 0.29) is 16.2 Å². The molecule has 5 heteroatoms. The van der Waals surface area contributed by atoms with Gasteiger partial charge in [-0.3, -0.25) is 4.79 Å². The molecule has 0 fully saturated rings. The minimum absolute atomic E-state index is 0.113. The van der Waals surface area contributed by atoms with E-state index in [1.807, 2.05) is 6.26 Å². The van der Waals surface area contributed by atoms with Crippen molar-refractivity contribution in [3.63, 3.8) is 0 Å². The van der Waals surface area contributed by atoms with Crippen LogP contribution in [0.1, 0.15) is 27.6 Å². The highest BCUT2D eigenvalue weighted by Crippen LogP contribution is 2.21. The molecule has 0 aliphatic carbocycles. The van der Waals surface area contributed by atoms with Crippen LogP contribution in [0.15, 0.2) is 23.1 Å². The molecule has 0 aromatic heterocycles. The Balaban J connectivity index is 3.24. The van der Waals surface area contributed by atoms with E-state index < -0.39 is 5.97 Å². The number of carbonyl (C=O) groups excluding carboxylic acids is 1. The Kier molecular flexibility index (Phi) is 4.56. The first-order valence-corrected chi connectivity index (χ1v) is 6.70. The van der Waals surface area contributed by atoms with Gasteiger partial charge in [-0.1, -0.05) is 15.9 Å². The number of carbonyl (C=O) groups is 2. The van der Waals surface area contributed by atoms with Crippen LogP contribution >= 0.6 is 27.7 Å². The van der Waals surface area contributed by atoms with Crippen LogP contribution < -0.4 is 0 Å². The van der Waals surface area contributed by atoms with Crippen molar-refractivity contribution in [1.29, 1.82) is 0 Å². The summed E-state index contributed by atoms with van der Waals surface area (Å²) in [6, 6.07) is 4.67. The number of Topliss-reactive ketones (excluding diaryl/α,β-unsaturated/α-hetero) is 1. The first-order valence-electron chi connectivity index (χ1n) is 4.56. The van der Waals surface area contributed by atoms with Gasteiger partial charge in [0.25, 0.3) is 0 Å². The topological polar surface area (TPSA) is 54.4 Å². The summed E-state index contributed by atoms with van der Waals surface area (Å²) >= 11 is 4.59. The average molecular weight is 303 g/mol. The third-order valence-corrected chi connectivity index (χ3v) is 3.16. The van der Waals surface area contributed by atoms with Crippen molar-refractivity contribution < 1.29 is 14.7 Å². The summed E-state index contributed by atoms with van der Waals surface area (Å²) in [7, 11) is 0. The predicted molar refractivity (Wildman–Crippen MR) is 67.9 cm³/mol. The number of ketones is 1. The molecule has 0 saturated heterocycles. The molecule has 1 N–H and O–H groups in total. The first-order chi connectivity index (χ1) is 7.45. The molecule has 0 saturated carbocycles. The smallest absolute Gasteiger partial charge is 0.335 e. The molecule has 1 atom stereocenters. The van der Waals surface area contributed by atoms with Crippen LogP contribution in [0.5, 0.6) is 0 Å². The third kappa shape index (κ3) is 3.09. The van der Waals surface area contributed by atoms with Crippen LogP contribution in [0.4, 0.5) is 0 Å². The Morgan fingerprint density at radius 1 is 1.31 bits per heavy atom. The zero-order valence-corrected chi connectivity index (χ0v) is 11.3. The Bertz CT molecular complexity index is 429. The number of hydrogen-bond donors (Lipinski definition) is 1. The van der Waals surface area contributed by atoms with Gasteiger partial charge in [0, 0.05) is 10.5 Å². The molecular weight excluding hydrogens is 292 g/mol. The number of hydrogen-bond acceptors (Lipinski definition) is 3. The summed E-state index contributed by atoms with van der Waals surface area (Å²) in [6.45, 7) is 1.72. The Hall–Kier alpha value is -0.810. The second-order valence-electron chi connectivity index (χ2n) is 3.24. The van der Waals surface area contributed by atoms with Gasteiger partial charge in [-0.25, -0.2) is 4.79 Å². The van der Waals surface area contributed by atoms with Crippen LogP contribution in [-0.2, 0) is 0 Å². The summed E-state index contributed by atoms with van der Waals surface area (Å²) in [5, 5.41) is 8.92. The van der Waals surface area contributed by atoms with Crippen molar-refractivity contribution in [2.75, 3.05) is 6.26 Å². The van der Waals surface area contributed by atoms with E-state index in [0.29, 0.717) is 5.56 Å². The standard InChI is InChI=1S/C11H11BrO3S/c1-6(12)10(13)7-3-8(11(14)15)5-9(4-7)16-2/h3-6H,1-2H3,(H,14,15). The molecule has 1 unspecified atom stereocenters. The van der Waals surface area contributed by atoms with Crippen LogP contribution in [-0.4, -0.2) is 27.9 Å². The van der Waals surface area contributed by atoms with Crippen molar-refractivity contribution in [1.82, 2.24) is 0 Å². The second-order valence-corrected chi connectivity index (χ2v) is 5.49. The molecule has 1 rings (SSSR count). The predicted octanol–water partition coefficient (Wildman–Crippen LogP) is 3.07. The molecule has 0 aliphatic heterocycles. The van der Waals surface area contributed by atoms with E-state index in [1.165, 1.54) is 17.8 Å². The number of rotatable bonds is 4. The Labute approximate surface area is 106 Å². The van der Waals surface area contributed by atoms with E-state index in [0.717, 1.165) is 4.90 Å². The van der Waals surface area contributed by atoms with Gasteiger partial charge in [0.05, 0.1) is 10.4 Å². The maximum absolute atomic E-state index is 11.7. The molecule has 0 spiro atoms. The fraction of sp³-hybridized carbons (Fsp3) is 0.273. The quantitative estimate of drug-likeness (QED) is 0.527. The summed E-state index contributed by atoms with van der Waals surface area (Å²) in [4.78, 5) is 23.1. The lowest BCUT2D eigenvalue weighted by Gasteiger charge is -2.06. The van der Waals surface area contributed by atoms with Crippen molar-refractivity contribution >= 4 is 39.4 Å². The number of carboxylic acid groups (broad SMARTS) is 1. The SMILES string of the molecule is CSc1cc(C(=O)O)cc(C(=O)C(C)Br)c1. The largest absolute Gasteiger partial charge is 0.478 e. The zero-order valence-electron chi connectivity index (χ0n) is 8.86. The van der Waals surface area contributed by atoms with Crippen molar-refractivity contribution in [2.45, 2.75) is 16.6 Å². The summed E-state index contributed by atoms with van der Waals surface area (Å²) in [6.07, 6.45) is 1.84. The highest BCUT2D eigenvalue weighted by molar-refractivity contribution is 9.10. The normalized spacial score (nSPS) is 12.2. The van der Waals surface area contributed by atoms with Gasteiger partial charge in [-0.2, -0.15) is 0 Å². The number of carboxylic acids is 1. The van der Waals surface area contributed by atoms with Crippen molar-refractivity contribution in [2.24, 2.45) is 0 Å². The van der Waals surface area contributed by atoms with Gasteiger partial charge in [0.2, 0.25) is 0 Å². The third-order valence-electron chi connectivity index (χ3n) is 2.03. The van der Waals surface area contributed by atoms with E-state index >= 15 is 0 Å². The van der Waals surface area contributed by atoms with Crippen LogP contribution in [0.25, 0.3) is 0 Å². The molecule has 0 aliphatic rings. The molecule has 16 heavy (non-hydrogen) atoms. The van der Waals surface area contributed by atoms with E-state index in [2.05, 4.69) is 15.9 Å². The average Bonchev–Trinajstić information content (AvgIpc) is 2.27. The maximum atomic E-state index is 11.7. The summed E-state index contributed by atoms with van der Waals surface area (Å²) < 4.78 is 0. The minimum Gasteiger partial charge on any atom is -0.478 e. The Morgan fingerprint density at radius 3 is 2.31 bits per heavy atom. The van der Waals surface area contributed by atoms with Gasteiger partial charge in [0.15, 0.2) is 5.78 Å². The van der Waals surface area contributed by atoms with Crippen molar-refractivity contribution in [3.8, 4) is 0 Å². The van der Waals surface area contributed by atoms with Crippen LogP contribution in [0, 0.1) is 0 Å². The fourth-order valence-electron chi connectivity index (χ4n) is 1.21. The van der Waals surface area contributed by atoms with Gasteiger partial charge in [0.1, 0.15) is 0 Å². The summed E-state index contributed by atoms with van der Waals surface area (Å²) in [5.41, 5.74) is 0.567. The van der Waals surface area contributed by atoms with E-state index in [4.69, 9.17) is 5.11 Å². The molecule has 0 radical (unpaired) electrons. The second kappa shape index (κ2) is 5.50. The fourth-order valence-corrected chi connectivity index (χ4v) is 1.97. The molecule has 0 heterocycles. The zero-order chi connectivity index (χ0) is 12.3. The highest BCUT2D eigenvalue weighted by Gasteiger charge is 2.15. The van der Waals surface area contributed by atoms with Crippen LogP contribution in [0.3, 0.4) is 0 Å². The molecule has 0 bridgehead atoms. The van der Waals surface area contributed by atoms with Gasteiger partial charge in [-0.05, 0) is 31.4 Å². The maximum Gasteiger partial charge on any atom is 0.335 e. The summed E-state index contributed by atoms with van der Waals surface area (Å²) in [5.74, 6) is -1.13. The van der Waals surface area contributed by atoms with E-state index in [1.54, 1.807) is 19.1 Å². The lowest BCUT2D eigenvalue weighted by atomic mass is 10.1. The number of benzene rings is 1. The van der Waals surface area contributed by atoms with Crippen LogP contribution in [0.2, 0.25) is 0 Å².